The zero-order valence-corrected chi connectivity index (χ0v) is 16.6. The van der Waals surface area contributed by atoms with Gasteiger partial charge in [-0.3, -0.25) is 10.2 Å². The van der Waals surface area contributed by atoms with Gasteiger partial charge >= 0.3 is 0 Å². The average Bonchev–Trinajstić information content (AvgIpc) is 2.98. The van der Waals surface area contributed by atoms with E-state index in [0.29, 0.717) is 5.02 Å². The Kier molecular flexibility index (Phi) is 6.95. The molecule has 13 heteroatoms. The van der Waals surface area contributed by atoms with E-state index in [0.717, 1.165) is 0 Å². The molecule has 134 valence electrons. The first kappa shape index (κ1) is 20.3. The van der Waals surface area contributed by atoms with Crippen molar-refractivity contribution in [2.45, 2.75) is 9.96 Å². The van der Waals surface area contributed by atoms with E-state index in [2.05, 4.69) is 26.3 Å². The van der Waals surface area contributed by atoms with E-state index >= 15 is 0 Å². The molecule has 0 fully saturated rings. The third-order valence-electron chi connectivity index (χ3n) is 2.70. The third-order valence-corrected chi connectivity index (χ3v) is 4.11. The number of carbonyl (C=O) groups is 1. The number of nitrogens with one attached hydrogen (secondary N) is 3. The van der Waals surface area contributed by atoms with Gasteiger partial charge in [0.2, 0.25) is 3.79 Å². The summed E-state index contributed by atoms with van der Waals surface area (Å²) in [7, 11) is 0. The SMILES string of the molecule is O=C(N[C@@H](NC(=S)Nn1cnnc1)C(Cl)(Cl)Cl)c1ccc(Cl)cc1Cl. The third kappa shape index (κ3) is 6.02. The molecule has 2 aromatic rings. The van der Waals surface area contributed by atoms with Gasteiger partial charge in [0.05, 0.1) is 10.6 Å². The molecule has 0 unspecified atom stereocenters. The van der Waals surface area contributed by atoms with Gasteiger partial charge in [-0.05, 0) is 30.4 Å². The summed E-state index contributed by atoms with van der Waals surface area (Å²) in [6, 6.07) is 4.38. The maximum Gasteiger partial charge on any atom is 0.254 e. The van der Waals surface area contributed by atoms with Crippen LogP contribution < -0.4 is 16.1 Å². The maximum atomic E-state index is 12.4. The first-order chi connectivity index (χ1) is 11.7. The predicted octanol–water partition coefficient (Wildman–Crippen LogP) is 3.13. The minimum absolute atomic E-state index is 0.0543. The molecule has 0 spiro atoms. The molecule has 1 heterocycles. The molecule has 2 rings (SSSR count). The Morgan fingerprint density at radius 3 is 2.36 bits per heavy atom. The van der Waals surface area contributed by atoms with Crippen molar-refractivity contribution < 1.29 is 4.79 Å². The predicted molar refractivity (Wildman–Crippen MR) is 103 cm³/mol. The van der Waals surface area contributed by atoms with E-state index < -0.39 is 15.9 Å². The minimum atomic E-state index is -1.91. The lowest BCUT2D eigenvalue weighted by Gasteiger charge is -2.27. The lowest BCUT2D eigenvalue weighted by Crippen LogP contribution is -2.56. The Balaban J connectivity index is 2.09. The number of thiocarbonyl (C=S) groups is 1. The van der Waals surface area contributed by atoms with Gasteiger partial charge in [-0.25, -0.2) is 4.68 Å². The first-order valence-electron chi connectivity index (χ1n) is 6.41. The Bertz CT molecular complexity index is 766. The van der Waals surface area contributed by atoms with Crippen LogP contribution in [-0.2, 0) is 0 Å². The van der Waals surface area contributed by atoms with Crippen LogP contribution in [0.2, 0.25) is 10.0 Å². The Morgan fingerprint density at radius 1 is 1.16 bits per heavy atom. The fraction of sp³-hybridized carbons (Fsp3) is 0.167. The molecule has 0 saturated carbocycles. The monoisotopic (exact) mass is 460 g/mol. The van der Waals surface area contributed by atoms with Crippen molar-refractivity contribution in [3.05, 3.63) is 46.5 Å². The average molecular weight is 463 g/mol. The summed E-state index contributed by atoms with van der Waals surface area (Å²) in [5, 5.41) is 13.0. The molecule has 25 heavy (non-hydrogen) atoms. The maximum absolute atomic E-state index is 12.4. The zero-order chi connectivity index (χ0) is 18.6. The van der Waals surface area contributed by atoms with Gasteiger partial charge in [0.1, 0.15) is 18.8 Å². The molecular formula is C12H9Cl5N6OS. The molecule has 0 aliphatic rings. The number of amides is 1. The van der Waals surface area contributed by atoms with Gasteiger partial charge in [-0.2, -0.15) is 0 Å². The van der Waals surface area contributed by atoms with Gasteiger partial charge in [-0.15, -0.1) is 10.2 Å². The van der Waals surface area contributed by atoms with Gasteiger partial charge in [-0.1, -0.05) is 58.0 Å². The van der Waals surface area contributed by atoms with Gasteiger partial charge in [0, 0.05) is 5.02 Å². The Hall–Kier alpha value is -1.03. The molecule has 1 aromatic carbocycles. The lowest BCUT2D eigenvalue weighted by atomic mass is 10.2. The minimum Gasteiger partial charge on any atom is -0.338 e. The summed E-state index contributed by atoms with van der Waals surface area (Å²) in [5.41, 5.74) is 2.85. The van der Waals surface area contributed by atoms with Crippen LogP contribution in [0.5, 0.6) is 0 Å². The molecule has 1 atom stereocenters. The fourth-order valence-electron chi connectivity index (χ4n) is 1.62. The highest BCUT2D eigenvalue weighted by atomic mass is 35.6. The van der Waals surface area contributed by atoms with Gasteiger partial charge in [0.15, 0.2) is 5.11 Å². The van der Waals surface area contributed by atoms with Crippen LogP contribution in [0, 0.1) is 0 Å². The molecule has 0 saturated heterocycles. The summed E-state index contributed by atoms with van der Waals surface area (Å²) >= 11 is 34.6. The molecule has 0 bridgehead atoms. The van der Waals surface area contributed by atoms with Crippen molar-refractivity contribution in [3.63, 3.8) is 0 Å². The van der Waals surface area contributed by atoms with E-state index in [1.54, 1.807) is 0 Å². The number of hydrogen-bond acceptors (Lipinski definition) is 4. The number of nitrogens with zero attached hydrogens (tertiary/aromatic N) is 3. The van der Waals surface area contributed by atoms with Crippen molar-refractivity contribution in [3.8, 4) is 0 Å². The van der Waals surface area contributed by atoms with Crippen molar-refractivity contribution in [1.29, 1.82) is 0 Å². The van der Waals surface area contributed by atoms with Crippen LogP contribution in [0.25, 0.3) is 0 Å². The van der Waals surface area contributed by atoms with Crippen LogP contribution in [0.15, 0.2) is 30.9 Å². The largest absolute Gasteiger partial charge is 0.338 e. The summed E-state index contributed by atoms with van der Waals surface area (Å²) in [4.78, 5) is 12.4. The van der Waals surface area contributed by atoms with E-state index in [4.69, 9.17) is 70.2 Å². The molecule has 1 amide bonds. The lowest BCUT2D eigenvalue weighted by molar-refractivity contribution is 0.0934. The molecular weight excluding hydrogens is 454 g/mol. The summed E-state index contributed by atoms with van der Waals surface area (Å²) in [6.45, 7) is 0. The normalized spacial score (nSPS) is 12.4. The highest BCUT2D eigenvalue weighted by molar-refractivity contribution is 7.80. The first-order valence-corrected chi connectivity index (χ1v) is 8.71. The van der Waals surface area contributed by atoms with Crippen molar-refractivity contribution in [1.82, 2.24) is 25.5 Å². The number of rotatable bonds is 4. The van der Waals surface area contributed by atoms with Gasteiger partial charge in [0.25, 0.3) is 5.91 Å². The smallest absolute Gasteiger partial charge is 0.254 e. The standard InChI is InChI=1S/C12H9Cl5N6OS/c13-6-1-2-7(8(14)3-6)9(24)20-10(12(15,16)17)21-11(25)22-23-4-18-19-5-23/h1-5,10H,(H,20,24)(H2,21,22,25)/t10-/m0/s1. The van der Waals surface area contributed by atoms with Crippen LogP contribution in [0.4, 0.5) is 0 Å². The number of alkyl halides is 3. The second-order valence-electron chi connectivity index (χ2n) is 4.53. The summed E-state index contributed by atoms with van der Waals surface area (Å²) in [5.74, 6) is -0.586. The molecule has 7 nitrogen and oxygen atoms in total. The molecule has 1 aromatic heterocycles. The number of hydrogen-bond donors (Lipinski definition) is 3. The van der Waals surface area contributed by atoms with Crippen molar-refractivity contribution >= 4 is 81.2 Å². The Labute approximate surface area is 172 Å². The van der Waals surface area contributed by atoms with Crippen molar-refractivity contribution in [2.75, 3.05) is 5.43 Å². The van der Waals surface area contributed by atoms with Crippen LogP contribution in [0.3, 0.4) is 0 Å². The molecule has 0 radical (unpaired) electrons. The molecule has 3 N–H and O–H groups in total. The Morgan fingerprint density at radius 2 is 1.80 bits per heavy atom. The van der Waals surface area contributed by atoms with Crippen LogP contribution in [-0.4, -0.2) is 35.9 Å². The van der Waals surface area contributed by atoms with Gasteiger partial charge < -0.3 is 10.6 Å². The second-order valence-corrected chi connectivity index (χ2v) is 8.15. The van der Waals surface area contributed by atoms with E-state index in [1.165, 1.54) is 35.5 Å². The van der Waals surface area contributed by atoms with Crippen LogP contribution >= 0.6 is 70.2 Å². The molecule has 0 aliphatic heterocycles. The molecule has 0 aliphatic carbocycles. The number of carbonyl (C=O) groups excluding carboxylic acids is 1. The highest BCUT2D eigenvalue weighted by Gasteiger charge is 2.35. The number of halogens is 5. The topological polar surface area (TPSA) is 83.9 Å². The number of aromatic nitrogens is 3. The second kappa shape index (κ2) is 8.57. The number of benzene rings is 1. The van der Waals surface area contributed by atoms with E-state index in [-0.39, 0.29) is 15.7 Å². The van der Waals surface area contributed by atoms with E-state index in [1.807, 2.05) is 0 Å². The highest BCUT2D eigenvalue weighted by Crippen LogP contribution is 2.29. The zero-order valence-electron chi connectivity index (χ0n) is 12.0. The summed E-state index contributed by atoms with van der Waals surface area (Å²) in [6.07, 6.45) is 1.57. The summed E-state index contributed by atoms with van der Waals surface area (Å²) < 4.78 is -0.545. The van der Waals surface area contributed by atoms with Crippen molar-refractivity contribution in [2.24, 2.45) is 0 Å². The quantitative estimate of drug-likeness (QED) is 0.368. The fourth-order valence-corrected chi connectivity index (χ4v) is 2.67. The van der Waals surface area contributed by atoms with E-state index in [9.17, 15) is 4.79 Å². The van der Waals surface area contributed by atoms with Crippen LogP contribution in [0.1, 0.15) is 10.4 Å².